The van der Waals surface area contributed by atoms with E-state index in [1.54, 1.807) is 12.1 Å². The minimum atomic E-state index is -0.209. The normalized spacial score (nSPS) is 26.1. The van der Waals surface area contributed by atoms with Crippen molar-refractivity contribution in [1.82, 2.24) is 5.43 Å². The predicted octanol–water partition coefficient (Wildman–Crippen LogP) is 1.77. The molecule has 1 aromatic rings. The molecule has 4 heteroatoms. The molecule has 0 radical (unpaired) electrons. The molecule has 17 heavy (non-hydrogen) atoms. The van der Waals surface area contributed by atoms with Crippen molar-refractivity contribution < 1.29 is 9.13 Å². The number of nitrogens with one attached hydrogen (secondary N) is 1. The van der Waals surface area contributed by atoms with Crippen molar-refractivity contribution >= 4 is 0 Å². The summed E-state index contributed by atoms with van der Waals surface area (Å²) in [6, 6.07) is 6.66. The van der Waals surface area contributed by atoms with Gasteiger partial charge >= 0.3 is 0 Å². The molecule has 1 aliphatic rings. The molecule has 94 valence electrons. The minimum Gasteiger partial charge on any atom is -0.374 e. The van der Waals surface area contributed by atoms with Crippen molar-refractivity contribution in [2.45, 2.75) is 44.4 Å². The number of halogens is 1. The molecule has 3 atom stereocenters. The van der Waals surface area contributed by atoms with Crippen molar-refractivity contribution in [3.05, 3.63) is 35.6 Å². The van der Waals surface area contributed by atoms with Crippen LogP contribution >= 0.6 is 0 Å². The molecule has 3 N–H and O–H groups in total. The van der Waals surface area contributed by atoms with Crippen LogP contribution < -0.4 is 11.3 Å². The van der Waals surface area contributed by atoms with Crippen LogP contribution in [0, 0.1) is 5.82 Å². The van der Waals surface area contributed by atoms with Crippen LogP contribution in [0.1, 0.15) is 25.3 Å². The Balaban J connectivity index is 2.00. The van der Waals surface area contributed by atoms with E-state index in [0.717, 1.165) is 18.4 Å². The molecule has 0 aliphatic carbocycles. The van der Waals surface area contributed by atoms with Crippen LogP contribution in [0.2, 0.25) is 0 Å². The molecular weight excluding hydrogens is 219 g/mol. The number of ether oxygens (including phenoxy) is 1. The quantitative estimate of drug-likeness (QED) is 0.621. The molecule has 0 aromatic heterocycles. The summed E-state index contributed by atoms with van der Waals surface area (Å²) in [6.45, 7) is 2.07. The van der Waals surface area contributed by atoms with Gasteiger partial charge in [0.2, 0.25) is 0 Å². The van der Waals surface area contributed by atoms with Gasteiger partial charge < -0.3 is 4.74 Å². The van der Waals surface area contributed by atoms with Gasteiger partial charge in [0.15, 0.2) is 0 Å². The van der Waals surface area contributed by atoms with Gasteiger partial charge in [-0.05, 0) is 43.9 Å². The highest BCUT2D eigenvalue weighted by atomic mass is 19.1. The van der Waals surface area contributed by atoms with Gasteiger partial charge in [-0.15, -0.1) is 0 Å². The van der Waals surface area contributed by atoms with E-state index < -0.39 is 0 Å². The highest BCUT2D eigenvalue weighted by Crippen LogP contribution is 2.23. The minimum absolute atomic E-state index is 0.0433. The van der Waals surface area contributed by atoms with E-state index in [4.69, 9.17) is 10.6 Å². The fourth-order valence-electron chi connectivity index (χ4n) is 2.35. The summed E-state index contributed by atoms with van der Waals surface area (Å²) >= 11 is 0. The summed E-state index contributed by atoms with van der Waals surface area (Å²) in [4.78, 5) is 0. The number of hydrogen-bond acceptors (Lipinski definition) is 3. The molecule has 1 fully saturated rings. The second-order valence-electron chi connectivity index (χ2n) is 4.67. The van der Waals surface area contributed by atoms with Gasteiger partial charge in [-0.25, -0.2) is 4.39 Å². The van der Waals surface area contributed by atoms with Crippen LogP contribution in [0.25, 0.3) is 0 Å². The third-order valence-electron chi connectivity index (χ3n) is 3.27. The van der Waals surface area contributed by atoms with Gasteiger partial charge in [0.25, 0.3) is 0 Å². The van der Waals surface area contributed by atoms with E-state index in [2.05, 4.69) is 12.3 Å². The lowest BCUT2D eigenvalue weighted by Crippen LogP contribution is -2.45. The average molecular weight is 238 g/mol. The fraction of sp³-hybridized carbons (Fsp3) is 0.538. The van der Waals surface area contributed by atoms with E-state index >= 15 is 0 Å². The van der Waals surface area contributed by atoms with Gasteiger partial charge in [-0.3, -0.25) is 11.3 Å². The molecule has 1 aliphatic heterocycles. The van der Waals surface area contributed by atoms with Gasteiger partial charge in [0.1, 0.15) is 5.82 Å². The number of benzene rings is 1. The summed E-state index contributed by atoms with van der Waals surface area (Å²) in [5.41, 5.74) is 3.73. The Labute approximate surface area is 101 Å². The Morgan fingerprint density at radius 2 is 2.35 bits per heavy atom. The largest absolute Gasteiger partial charge is 0.374 e. The first-order chi connectivity index (χ1) is 8.19. The Kier molecular flexibility index (Phi) is 4.10. The zero-order valence-electron chi connectivity index (χ0n) is 10.0. The number of rotatable bonds is 4. The zero-order valence-corrected chi connectivity index (χ0v) is 10.0. The van der Waals surface area contributed by atoms with Crippen molar-refractivity contribution in [1.29, 1.82) is 0 Å². The third kappa shape index (κ3) is 3.25. The molecule has 1 aromatic carbocycles. The maximum Gasteiger partial charge on any atom is 0.123 e. The van der Waals surface area contributed by atoms with E-state index in [-0.39, 0.29) is 18.0 Å². The first kappa shape index (κ1) is 12.5. The second kappa shape index (κ2) is 5.58. The second-order valence-corrected chi connectivity index (χ2v) is 4.67. The summed E-state index contributed by atoms with van der Waals surface area (Å²) in [7, 11) is 0. The van der Waals surface area contributed by atoms with Crippen molar-refractivity contribution in [2.75, 3.05) is 0 Å². The lowest BCUT2D eigenvalue weighted by Gasteiger charge is -2.22. The fourth-order valence-corrected chi connectivity index (χ4v) is 2.35. The highest BCUT2D eigenvalue weighted by molar-refractivity contribution is 5.17. The molecule has 0 bridgehead atoms. The van der Waals surface area contributed by atoms with Crippen LogP contribution in [0.15, 0.2) is 24.3 Å². The summed E-state index contributed by atoms with van der Waals surface area (Å²) in [6.07, 6.45) is 3.17. The summed E-state index contributed by atoms with van der Waals surface area (Å²) in [5.74, 6) is 5.35. The molecule has 0 spiro atoms. The maximum atomic E-state index is 13.1. The zero-order chi connectivity index (χ0) is 12.3. The van der Waals surface area contributed by atoms with E-state index in [1.165, 1.54) is 6.07 Å². The van der Waals surface area contributed by atoms with Gasteiger partial charge in [-0.2, -0.15) is 0 Å². The first-order valence-corrected chi connectivity index (χ1v) is 6.05. The van der Waals surface area contributed by atoms with E-state index in [1.807, 2.05) is 6.07 Å². The van der Waals surface area contributed by atoms with Crippen LogP contribution in [0.5, 0.6) is 0 Å². The molecule has 1 heterocycles. The first-order valence-electron chi connectivity index (χ1n) is 6.05. The van der Waals surface area contributed by atoms with Crippen LogP contribution in [-0.4, -0.2) is 18.2 Å². The van der Waals surface area contributed by atoms with E-state index in [9.17, 15) is 4.39 Å². The Hall–Kier alpha value is -0.970. The van der Waals surface area contributed by atoms with Crippen molar-refractivity contribution in [2.24, 2.45) is 5.84 Å². The topological polar surface area (TPSA) is 47.3 Å². The molecule has 2 rings (SSSR count). The Bertz CT molecular complexity index is 372. The van der Waals surface area contributed by atoms with Crippen LogP contribution in [-0.2, 0) is 11.2 Å². The predicted molar refractivity (Wildman–Crippen MR) is 64.8 cm³/mol. The SMILES string of the molecule is CC1CCC(C(Cc2cccc(F)c2)NN)O1. The number of hydrazine groups is 1. The van der Waals surface area contributed by atoms with Gasteiger partial charge in [-0.1, -0.05) is 12.1 Å². The third-order valence-corrected chi connectivity index (χ3v) is 3.27. The van der Waals surface area contributed by atoms with Crippen molar-refractivity contribution in [3.8, 4) is 0 Å². The summed E-state index contributed by atoms with van der Waals surface area (Å²) < 4.78 is 18.9. The van der Waals surface area contributed by atoms with Crippen LogP contribution in [0.4, 0.5) is 4.39 Å². The standard InChI is InChI=1S/C13H19FN2O/c1-9-5-6-13(17-9)12(16-15)8-10-3-2-4-11(14)7-10/h2-4,7,9,12-13,16H,5-6,8,15H2,1H3. The smallest absolute Gasteiger partial charge is 0.123 e. The molecule has 0 amide bonds. The molecule has 3 nitrogen and oxygen atoms in total. The summed E-state index contributed by atoms with van der Waals surface area (Å²) in [5, 5.41) is 0. The lowest BCUT2D eigenvalue weighted by molar-refractivity contribution is 0.0320. The average Bonchev–Trinajstić information content (AvgIpc) is 2.73. The maximum absolute atomic E-state index is 13.1. The van der Waals surface area contributed by atoms with E-state index in [0.29, 0.717) is 12.5 Å². The highest BCUT2D eigenvalue weighted by Gasteiger charge is 2.28. The Morgan fingerprint density at radius 1 is 1.53 bits per heavy atom. The van der Waals surface area contributed by atoms with Gasteiger partial charge in [0, 0.05) is 0 Å². The molecule has 3 unspecified atom stereocenters. The Morgan fingerprint density at radius 3 is 2.94 bits per heavy atom. The lowest BCUT2D eigenvalue weighted by atomic mass is 10.00. The van der Waals surface area contributed by atoms with Crippen molar-refractivity contribution in [3.63, 3.8) is 0 Å². The monoisotopic (exact) mass is 238 g/mol. The molecule has 0 saturated carbocycles. The molecular formula is C13H19FN2O. The van der Waals surface area contributed by atoms with Crippen LogP contribution in [0.3, 0.4) is 0 Å². The molecule has 1 saturated heterocycles. The number of nitrogens with two attached hydrogens (primary N) is 1. The number of hydrogen-bond donors (Lipinski definition) is 2. The van der Waals surface area contributed by atoms with Gasteiger partial charge in [0.05, 0.1) is 18.2 Å².